The molecule has 0 bridgehead atoms. The lowest BCUT2D eigenvalue weighted by atomic mass is 10.1. The molecule has 17 heavy (non-hydrogen) atoms. The molecule has 2 fully saturated rings. The van der Waals surface area contributed by atoms with Gasteiger partial charge in [0.05, 0.1) is 0 Å². The second kappa shape index (κ2) is 4.16. The van der Waals surface area contributed by atoms with Crippen LogP contribution in [0.3, 0.4) is 0 Å². The topological polar surface area (TPSA) is 41.6 Å². The van der Waals surface area contributed by atoms with E-state index in [9.17, 15) is 4.79 Å². The second-order valence-electron chi connectivity index (χ2n) is 6.49. The first-order valence-corrected chi connectivity index (χ1v) is 6.55. The van der Waals surface area contributed by atoms with Crippen LogP contribution in [0.4, 0.5) is 4.79 Å². The maximum Gasteiger partial charge on any atom is 0.411 e. The zero-order chi connectivity index (χ0) is 12.7. The Hall–Kier alpha value is -0.770. The van der Waals surface area contributed by atoms with Gasteiger partial charge in [-0.15, -0.1) is 0 Å². The van der Waals surface area contributed by atoms with Gasteiger partial charge in [0, 0.05) is 18.1 Å². The lowest BCUT2D eigenvalue weighted by Gasteiger charge is -2.36. The lowest BCUT2D eigenvalue weighted by molar-refractivity contribution is 0.00521. The molecule has 0 aromatic rings. The molecule has 1 atom stereocenters. The summed E-state index contributed by atoms with van der Waals surface area (Å²) in [4.78, 5) is 14.3. The smallest absolute Gasteiger partial charge is 0.411 e. The molecule has 1 saturated carbocycles. The zero-order valence-corrected chi connectivity index (χ0v) is 11.4. The van der Waals surface area contributed by atoms with Gasteiger partial charge in [-0.3, -0.25) is 4.90 Å². The van der Waals surface area contributed by atoms with Crippen LogP contribution in [-0.4, -0.2) is 41.3 Å². The molecule has 1 N–H and O–H groups in total. The van der Waals surface area contributed by atoms with E-state index in [1.165, 1.54) is 0 Å². The van der Waals surface area contributed by atoms with Crippen LogP contribution in [0.15, 0.2) is 0 Å². The van der Waals surface area contributed by atoms with Crippen LogP contribution < -0.4 is 5.32 Å². The Kier molecular flexibility index (Phi) is 3.10. The van der Waals surface area contributed by atoms with Gasteiger partial charge in [0.2, 0.25) is 0 Å². The summed E-state index contributed by atoms with van der Waals surface area (Å²) >= 11 is 0. The molecule has 0 radical (unpaired) electrons. The number of rotatable bonds is 2. The second-order valence-corrected chi connectivity index (χ2v) is 6.49. The SMILES string of the molecule is CC(C)(C)OC(=O)N([C@@H]1CCNC1)C1(C)CC1. The van der Waals surface area contributed by atoms with E-state index in [0.717, 1.165) is 32.4 Å². The Balaban J connectivity index is 2.07. The van der Waals surface area contributed by atoms with E-state index >= 15 is 0 Å². The average Bonchev–Trinajstić information content (AvgIpc) is 2.71. The van der Waals surface area contributed by atoms with Gasteiger partial charge in [-0.2, -0.15) is 0 Å². The van der Waals surface area contributed by atoms with Crippen molar-refractivity contribution in [3.05, 3.63) is 0 Å². The van der Waals surface area contributed by atoms with E-state index in [4.69, 9.17) is 4.74 Å². The fraction of sp³-hybridized carbons (Fsp3) is 0.923. The minimum atomic E-state index is -0.410. The number of carbonyl (C=O) groups excluding carboxylic acids is 1. The molecule has 0 aromatic carbocycles. The molecule has 4 nitrogen and oxygen atoms in total. The Labute approximate surface area is 104 Å². The lowest BCUT2D eigenvalue weighted by Crippen LogP contribution is -2.50. The molecule has 2 aliphatic rings. The van der Waals surface area contributed by atoms with Gasteiger partial charge >= 0.3 is 6.09 Å². The summed E-state index contributed by atoms with van der Waals surface area (Å²) in [5.74, 6) is 0. The summed E-state index contributed by atoms with van der Waals surface area (Å²) in [7, 11) is 0. The molecule has 98 valence electrons. The first-order valence-electron chi connectivity index (χ1n) is 6.55. The van der Waals surface area contributed by atoms with E-state index in [-0.39, 0.29) is 11.6 Å². The highest BCUT2D eigenvalue weighted by Crippen LogP contribution is 2.43. The zero-order valence-electron chi connectivity index (χ0n) is 11.4. The first kappa shape index (κ1) is 12.7. The van der Waals surface area contributed by atoms with Crippen LogP contribution in [0.25, 0.3) is 0 Å². The summed E-state index contributed by atoms with van der Waals surface area (Å²) in [6, 6.07) is 0.303. The van der Waals surface area contributed by atoms with Crippen molar-refractivity contribution in [2.75, 3.05) is 13.1 Å². The van der Waals surface area contributed by atoms with Crippen LogP contribution in [0.2, 0.25) is 0 Å². The van der Waals surface area contributed by atoms with Crippen molar-refractivity contribution in [3.8, 4) is 0 Å². The average molecular weight is 240 g/mol. The van der Waals surface area contributed by atoms with E-state index in [1.54, 1.807) is 0 Å². The number of hydrogen-bond donors (Lipinski definition) is 1. The normalized spacial score (nSPS) is 26.7. The van der Waals surface area contributed by atoms with Gasteiger partial charge in [-0.05, 0) is 53.5 Å². The minimum Gasteiger partial charge on any atom is -0.444 e. The molecule has 4 heteroatoms. The third-order valence-electron chi connectivity index (χ3n) is 3.54. The summed E-state index contributed by atoms with van der Waals surface area (Å²) < 4.78 is 5.54. The number of nitrogens with zero attached hydrogens (tertiary/aromatic N) is 1. The van der Waals surface area contributed by atoms with Crippen molar-refractivity contribution < 1.29 is 9.53 Å². The van der Waals surface area contributed by atoms with Crippen molar-refractivity contribution in [3.63, 3.8) is 0 Å². The number of carbonyl (C=O) groups is 1. The maximum absolute atomic E-state index is 12.3. The number of ether oxygens (including phenoxy) is 1. The van der Waals surface area contributed by atoms with Gasteiger partial charge in [0.1, 0.15) is 5.60 Å². The van der Waals surface area contributed by atoms with Crippen LogP contribution in [0, 0.1) is 0 Å². The van der Waals surface area contributed by atoms with Crippen LogP contribution in [0.1, 0.15) is 47.0 Å². The number of nitrogens with one attached hydrogen (secondary N) is 1. The summed E-state index contributed by atoms with van der Waals surface area (Å²) in [6.07, 6.45) is 3.09. The van der Waals surface area contributed by atoms with Gasteiger partial charge < -0.3 is 10.1 Å². The fourth-order valence-electron chi connectivity index (χ4n) is 2.40. The molecule has 0 aromatic heterocycles. The van der Waals surface area contributed by atoms with E-state index < -0.39 is 5.60 Å². The molecule has 2 rings (SSSR count). The van der Waals surface area contributed by atoms with Gasteiger partial charge in [0.15, 0.2) is 0 Å². The van der Waals surface area contributed by atoms with E-state index in [2.05, 4.69) is 12.2 Å². The Morgan fingerprint density at radius 2 is 2.06 bits per heavy atom. The third kappa shape index (κ3) is 2.92. The van der Waals surface area contributed by atoms with Gasteiger partial charge in [-0.1, -0.05) is 0 Å². The van der Waals surface area contributed by atoms with Crippen molar-refractivity contribution in [2.24, 2.45) is 0 Å². The molecule has 1 amide bonds. The van der Waals surface area contributed by atoms with Crippen molar-refractivity contribution in [2.45, 2.75) is 64.1 Å². The van der Waals surface area contributed by atoms with Crippen LogP contribution >= 0.6 is 0 Å². The number of amides is 1. The Morgan fingerprint density at radius 3 is 2.47 bits per heavy atom. The summed E-state index contributed by atoms with van der Waals surface area (Å²) in [5, 5.41) is 3.32. The predicted octanol–water partition coefficient (Wildman–Crippen LogP) is 2.14. The Bertz CT molecular complexity index is 299. The van der Waals surface area contributed by atoms with Crippen LogP contribution in [0.5, 0.6) is 0 Å². The third-order valence-corrected chi connectivity index (χ3v) is 3.54. The van der Waals surface area contributed by atoms with Crippen LogP contribution in [-0.2, 0) is 4.74 Å². The molecule has 1 aliphatic carbocycles. The first-order chi connectivity index (χ1) is 7.82. The number of hydrogen-bond acceptors (Lipinski definition) is 3. The molecule has 0 spiro atoms. The molecular formula is C13H24N2O2. The fourth-order valence-corrected chi connectivity index (χ4v) is 2.40. The van der Waals surface area contributed by atoms with E-state index in [1.807, 2.05) is 25.7 Å². The molecule has 1 aliphatic heterocycles. The highest BCUT2D eigenvalue weighted by Gasteiger charge is 2.50. The largest absolute Gasteiger partial charge is 0.444 e. The molecule has 1 heterocycles. The highest BCUT2D eigenvalue weighted by atomic mass is 16.6. The quantitative estimate of drug-likeness (QED) is 0.804. The van der Waals surface area contributed by atoms with Crippen molar-refractivity contribution in [1.29, 1.82) is 0 Å². The Morgan fingerprint density at radius 1 is 1.41 bits per heavy atom. The van der Waals surface area contributed by atoms with Gasteiger partial charge in [0.25, 0.3) is 0 Å². The standard InChI is InChI=1S/C13H24N2O2/c1-12(2,3)17-11(16)15(13(4)6-7-13)10-5-8-14-9-10/h10,14H,5-9H2,1-4H3/t10-/m1/s1. The molecule has 1 saturated heterocycles. The summed E-state index contributed by atoms with van der Waals surface area (Å²) in [6.45, 7) is 9.83. The maximum atomic E-state index is 12.3. The minimum absolute atomic E-state index is 0.0407. The van der Waals surface area contributed by atoms with Crippen molar-refractivity contribution in [1.82, 2.24) is 10.2 Å². The highest BCUT2D eigenvalue weighted by molar-refractivity contribution is 5.70. The van der Waals surface area contributed by atoms with Gasteiger partial charge in [-0.25, -0.2) is 4.79 Å². The van der Waals surface area contributed by atoms with E-state index in [0.29, 0.717) is 6.04 Å². The molecular weight excluding hydrogens is 216 g/mol. The van der Waals surface area contributed by atoms with Crippen molar-refractivity contribution >= 4 is 6.09 Å². The molecule has 0 unspecified atom stereocenters. The monoisotopic (exact) mass is 240 g/mol. The summed E-state index contributed by atoms with van der Waals surface area (Å²) in [5.41, 5.74) is -0.369. The predicted molar refractivity (Wildman–Crippen MR) is 67.0 cm³/mol.